The number of nitrogens with zero attached hydrogens (tertiary/aromatic N) is 1. The number of imidazole rings is 1. The molecule has 4 atom stereocenters. The highest BCUT2D eigenvalue weighted by atomic mass is 16.4. The summed E-state index contributed by atoms with van der Waals surface area (Å²) in [6.07, 6.45) is 2.81. The first-order chi connectivity index (χ1) is 17.0. The van der Waals surface area contributed by atoms with Crippen LogP contribution in [0.25, 0.3) is 0 Å². The second kappa shape index (κ2) is 13.2. The Kier molecular flexibility index (Phi) is 10.4. The van der Waals surface area contributed by atoms with Crippen molar-refractivity contribution in [2.45, 2.75) is 50.9 Å². The lowest BCUT2D eigenvalue weighted by atomic mass is 10.0. The van der Waals surface area contributed by atoms with E-state index in [9.17, 15) is 34.5 Å². The van der Waals surface area contributed by atoms with Gasteiger partial charge < -0.3 is 42.0 Å². The van der Waals surface area contributed by atoms with Gasteiger partial charge in [0, 0.05) is 24.7 Å². The SMILES string of the molecule is CC(C)C(NC(=O)C(Cc1cnc[nH]1)NC(=O)C(Cc1ccc(O)cc1)NC(=O)C(N)CO)C(=O)O. The molecule has 0 saturated carbocycles. The van der Waals surface area contributed by atoms with E-state index in [1.807, 2.05) is 0 Å². The molecule has 9 N–H and O–H groups in total. The second-order valence-electron chi connectivity index (χ2n) is 8.63. The molecule has 0 saturated heterocycles. The number of H-pyrrole nitrogens is 1. The minimum atomic E-state index is -1.27. The third kappa shape index (κ3) is 8.36. The van der Waals surface area contributed by atoms with Crippen molar-refractivity contribution in [3.63, 3.8) is 0 Å². The van der Waals surface area contributed by atoms with Gasteiger partial charge in [0.05, 0.1) is 12.9 Å². The molecule has 3 amide bonds. The largest absolute Gasteiger partial charge is 0.508 e. The lowest BCUT2D eigenvalue weighted by Gasteiger charge is -2.26. The molecule has 0 fully saturated rings. The number of carbonyl (C=O) groups excluding carboxylic acids is 3. The summed E-state index contributed by atoms with van der Waals surface area (Å²) < 4.78 is 0. The molecule has 0 bridgehead atoms. The summed E-state index contributed by atoms with van der Waals surface area (Å²) in [7, 11) is 0. The van der Waals surface area contributed by atoms with Gasteiger partial charge >= 0.3 is 5.97 Å². The van der Waals surface area contributed by atoms with Gasteiger partial charge in [-0.15, -0.1) is 0 Å². The Morgan fingerprint density at radius 2 is 1.56 bits per heavy atom. The number of aliphatic hydroxyl groups excluding tert-OH is 1. The number of carboxylic acids is 1. The first-order valence-electron chi connectivity index (χ1n) is 11.3. The van der Waals surface area contributed by atoms with Crippen LogP contribution >= 0.6 is 0 Å². The lowest BCUT2D eigenvalue weighted by molar-refractivity contribution is -0.143. The van der Waals surface area contributed by atoms with Crippen LogP contribution in [0, 0.1) is 5.92 Å². The number of carbonyl (C=O) groups is 4. The van der Waals surface area contributed by atoms with Crippen molar-refractivity contribution in [2.24, 2.45) is 11.7 Å². The average molecular weight is 505 g/mol. The summed E-state index contributed by atoms with van der Waals surface area (Å²) in [6, 6.07) is 1.09. The van der Waals surface area contributed by atoms with Gasteiger partial charge in [-0.3, -0.25) is 14.4 Å². The van der Waals surface area contributed by atoms with Gasteiger partial charge in [-0.1, -0.05) is 26.0 Å². The molecule has 1 heterocycles. The van der Waals surface area contributed by atoms with Gasteiger partial charge in [-0.2, -0.15) is 0 Å². The maximum atomic E-state index is 13.3. The van der Waals surface area contributed by atoms with E-state index in [0.29, 0.717) is 11.3 Å². The number of hydrogen-bond acceptors (Lipinski definition) is 8. The molecule has 0 aliphatic rings. The van der Waals surface area contributed by atoms with Gasteiger partial charge in [0.25, 0.3) is 0 Å². The van der Waals surface area contributed by atoms with E-state index in [-0.39, 0.29) is 18.6 Å². The van der Waals surface area contributed by atoms with Crippen LogP contribution in [0.5, 0.6) is 5.75 Å². The minimum absolute atomic E-state index is 0.0144. The number of aromatic amines is 1. The number of rotatable bonds is 13. The second-order valence-corrected chi connectivity index (χ2v) is 8.63. The van der Waals surface area contributed by atoms with Gasteiger partial charge in [0.1, 0.15) is 29.9 Å². The van der Waals surface area contributed by atoms with Gasteiger partial charge in [0.2, 0.25) is 17.7 Å². The summed E-state index contributed by atoms with van der Waals surface area (Å²) in [6.45, 7) is 2.63. The third-order valence-electron chi connectivity index (χ3n) is 5.38. The molecular weight excluding hydrogens is 472 g/mol. The number of aromatic nitrogens is 2. The Hall–Kier alpha value is -3.97. The topological polar surface area (TPSA) is 220 Å². The van der Waals surface area contributed by atoms with E-state index in [2.05, 4.69) is 25.9 Å². The Labute approximate surface area is 207 Å². The van der Waals surface area contributed by atoms with Gasteiger partial charge in [-0.25, -0.2) is 9.78 Å². The Bertz CT molecular complexity index is 1030. The summed E-state index contributed by atoms with van der Waals surface area (Å²) in [5.74, 6) is -3.88. The zero-order valence-electron chi connectivity index (χ0n) is 20.0. The van der Waals surface area contributed by atoms with Crippen molar-refractivity contribution in [1.82, 2.24) is 25.9 Å². The molecule has 13 heteroatoms. The van der Waals surface area contributed by atoms with Crippen molar-refractivity contribution in [3.05, 3.63) is 48.0 Å². The molecule has 13 nitrogen and oxygen atoms in total. The van der Waals surface area contributed by atoms with Crippen LogP contribution in [-0.4, -0.2) is 79.8 Å². The van der Waals surface area contributed by atoms with Crippen molar-refractivity contribution >= 4 is 23.7 Å². The van der Waals surface area contributed by atoms with Crippen molar-refractivity contribution in [2.75, 3.05) is 6.61 Å². The number of benzene rings is 1. The molecule has 2 rings (SSSR count). The third-order valence-corrected chi connectivity index (χ3v) is 5.38. The number of phenolic OH excluding ortho intramolecular Hbond substituents is 1. The van der Waals surface area contributed by atoms with Crippen LogP contribution in [0.1, 0.15) is 25.1 Å². The maximum absolute atomic E-state index is 13.3. The number of amides is 3. The Morgan fingerprint density at radius 3 is 2.08 bits per heavy atom. The normalized spacial score (nSPS) is 14.4. The number of aliphatic hydroxyl groups is 1. The highest BCUT2D eigenvalue weighted by molar-refractivity contribution is 5.94. The first kappa shape index (κ1) is 28.3. The van der Waals surface area contributed by atoms with E-state index in [1.54, 1.807) is 26.0 Å². The fourth-order valence-electron chi connectivity index (χ4n) is 3.30. The van der Waals surface area contributed by atoms with Crippen molar-refractivity contribution in [3.8, 4) is 5.75 Å². The zero-order chi connectivity index (χ0) is 26.8. The van der Waals surface area contributed by atoms with Crippen LogP contribution in [-0.2, 0) is 32.0 Å². The average Bonchev–Trinajstić information content (AvgIpc) is 3.34. The number of aromatic hydroxyl groups is 1. The Morgan fingerprint density at radius 1 is 0.972 bits per heavy atom. The van der Waals surface area contributed by atoms with Gasteiger partial charge in [-0.05, 0) is 23.6 Å². The molecule has 0 radical (unpaired) electrons. The number of carboxylic acid groups (broad SMARTS) is 1. The van der Waals surface area contributed by atoms with E-state index >= 15 is 0 Å². The molecule has 196 valence electrons. The van der Waals surface area contributed by atoms with E-state index in [4.69, 9.17) is 5.73 Å². The van der Waals surface area contributed by atoms with E-state index in [1.165, 1.54) is 24.7 Å². The molecule has 1 aromatic heterocycles. The van der Waals surface area contributed by atoms with Crippen LogP contribution in [0.15, 0.2) is 36.8 Å². The number of nitrogens with one attached hydrogen (secondary N) is 4. The predicted octanol–water partition coefficient (Wildman–Crippen LogP) is -1.58. The number of aliphatic carboxylic acids is 1. The van der Waals surface area contributed by atoms with Gasteiger partial charge in [0.15, 0.2) is 0 Å². The molecule has 1 aromatic carbocycles. The highest BCUT2D eigenvalue weighted by Gasteiger charge is 2.31. The predicted molar refractivity (Wildman–Crippen MR) is 127 cm³/mol. The summed E-state index contributed by atoms with van der Waals surface area (Å²) in [5.41, 5.74) is 6.67. The molecular formula is C23H32N6O7. The standard InChI is InChI=1S/C23H32N6O7/c1-12(2)19(23(35)36)29-22(34)18(8-14-9-25-11-26-14)28-21(33)17(27-20(32)16(24)10-30)7-13-3-5-15(31)6-4-13/h3-6,9,11-12,16-19,30-31H,7-8,10,24H2,1-2H3,(H,25,26)(H,27,32)(H,28,33)(H,29,34)(H,35,36). The number of nitrogens with two attached hydrogens (primary N) is 1. The maximum Gasteiger partial charge on any atom is 0.326 e. The quantitative estimate of drug-likeness (QED) is 0.157. The molecule has 36 heavy (non-hydrogen) atoms. The number of phenols is 1. The zero-order valence-corrected chi connectivity index (χ0v) is 20.0. The van der Waals surface area contributed by atoms with Crippen LogP contribution < -0.4 is 21.7 Å². The highest BCUT2D eigenvalue weighted by Crippen LogP contribution is 2.12. The molecule has 0 aliphatic carbocycles. The fourth-order valence-corrected chi connectivity index (χ4v) is 3.30. The van der Waals surface area contributed by atoms with Crippen LogP contribution in [0.3, 0.4) is 0 Å². The van der Waals surface area contributed by atoms with E-state index < -0.39 is 60.4 Å². The molecule has 4 unspecified atom stereocenters. The minimum Gasteiger partial charge on any atom is -0.508 e. The first-order valence-corrected chi connectivity index (χ1v) is 11.3. The van der Waals surface area contributed by atoms with Crippen molar-refractivity contribution in [1.29, 1.82) is 0 Å². The monoisotopic (exact) mass is 504 g/mol. The number of hydrogen-bond donors (Lipinski definition) is 8. The summed E-state index contributed by atoms with van der Waals surface area (Å²) in [5, 5.41) is 35.6. The Balaban J connectivity index is 2.28. The fraction of sp³-hybridized carbons (Fsp3) is 0.435. The van der Waals surface area contributed by atoms with Crippen molar-refractivity contribution < 1.29 is 34.5 Å². The molecule has 2 aromatic rings. The van der Waals surface area contributed by atoms with E-state index in [0.717, 1.165) is 0 Å². The molecule has 0 spiro atoms. The lowest BCUT2D eigenvalue weighted by Crippen LogP contribution is -2.58. The van der Waals surface area contributed by atoms with Crippen LogP contribution in [0.2, 0.25) is 0 Å². The smallest absolute Gasteiger partial charge is 0.326 e. The summed E-state index contributed by atoms with van der Waals surface area (Å²) >= 11 is 0. The summed E-state index contributed by atoms with van der Waals surface area (Å²) in [4.78, 5) is 56.9. The molecule has 0 aliphatic heterocycles. The van der Waals surface area contributed by atoms with Crippen LogP contribution in [0.4, 0.5) is 0 Å².